The van der Waals surface area contributed by atoms with E-state index in [0.29, 0.717) is 17.2 Å². The van der Waals surface area contributed by atoms with Gasteiger partial charge in [-0.1, -0.05) is 36.3 Å². The lowest BCUT2D eigenvalue weighted by Gasteiger charge is -2.25. The van der Waals surface area contributed by atoms with Gasteiger partial charge in [0.1, 0.15) is 6.33 Å². The van der Waals surface area contributed by atoms with E-state index < -0.39 is 11.7 Å². The molecule has 0 unspecified atom stereocenters. The van der Waals surface area contributed by atoms with Crippen molar-refractivity contribution in [2.24, 2.45) is 0 Å². The highest BCUT2D eigenvalue weighted by Crippen LogP contribution is 2.45. The van der Waals surface area contributed by atoms with Crippen LogP contribution in [0.25, 0.3) is 21.8 Å². The Morgan fingerprint density at radius 2 is 1.75 bits per heavy atom. The van der Waals surface area contributed by atoms with Crippen LogP contribution in [0.2, 0.25) is 0 Å². The third-order valence-corrected chi connectivity index (χ3v) is 7.58. The summed E-state index contributed by atoms with van der Waals surface area (Å²) in [6.45, 7) is 1.85. The number of thiazole rings is 1. The molecule has 3 aromatic rings. The standard InChI is InChI=1S/C24H25F3N4S/c25-24(26,27)18-10-6-9-17(13-18)20-22(32-23(30-20)31-11-4-1-5-12-31)21-19(14-28-15-29-21)16-7-2-3-8-16/h6,9-10,13-16H,1-5,7-8,11-12H2. The molecule has 0 amide bonds. The van der Waals surface area contributed by atoms with Crippen LogP contribution in [-0.4, -0.2) is 28.0 Å². The van der Waals surface area contributed by atoms with Gasteiger partial charge in [-0.3, -0.25) is 0 Å². The van der Waals surface area contributed by atoms with Crippen LogP contribution in [0.3, 0.4) is 0 Å². The van der Waals surface area contributed by atoms with Crippen LogP contribution in [0.1, 0.15) is 62.0 Å². The van der Waals surface area contributed by atoms with Crippen molar-refractivity contribution in [3.8, 4) is 21.8 Å². The molecule has 0 N–H and O–H groups in total. The Hall–Kier alpha value is -2.48. The molecular formula is C24H25F3N4S. The van der Waals surface area contributed by atoms with E-state index in [1.807, 2.05) is 6.20 Å². The first-order valence-electron chi connectivity index (χ1n) is 11.2. The minimum absolute atomic E-state index is 0.390. The van der Waals surface area contributed by atoms with Gasteiger partial charge in [-0.25, -0.2) is 15.0 Å². The van der Waals surface area contributed by atoms with Crippen molar-refractivity contribution in [2.75, 3.05) is 18.0 Å². The second-order valence-corrected chi connectivity index (χ2v) is 9.59. The summed E-state index contributed by atoms with van der Waals surface area (Å²) < 4.78 is 40.3. The predicted molar refractivity (Wildman–Crippen MR) is 121 cm³/mol. The van der Waals surface area contributed by atoms with Crippen molar-refractivity contribution in [3.05, 3.63) is 47.9 Å². The minimum Gasteiger partial charge on any atom is -0.348 e. The van der Waals surface area contributed by atoms with E-state index in [1.54, 1.807) is 17.4 Å². The number of halogens is 3. The van der Waals surface area contributed by atoms with E-state index in [2.05, 4.69) is 14.9 Å². The molecule has 1 aromatic carbocycles. The zero-order chi connectivity index (χ0) is 22.1. The van der Waals surface area contributed by atoms with Crippen molar-refractivity contribution in [2.45, 2.75) is 57.0 Å². The lowest BCUT2D eigenvalue weighted by atomic mass is 9.95. The van der Waals surface area contributed by atoms with Crippen LogP contribution in [-0.2, 0) is 6.18 Å². The summed E-state index contributed by atoms with van der Waals surface area (Å²) in [4.78, 5) is 16.9. The van der Waals surface area contributed by atoms with Crippen LogP contribution in [0.5, 0.6) is 0 Å². The number of piperidine rings is 1. The summed E-state index contributed by atoms with van der Waals surface area (Å²) in [6.07, 6.45) is 6.98. The third-order valence-electron chi connectivity index (χ3n) is 6.46. The van der Waals surface area contributed by atoms with Gasteiger partial charge in [-0.05, 0) is 50.2 Å². The summed E-state index contributed by atoms with van der Waals surface area (Å²) in [5.41, 5.74) is 2.31. The molecule has 0 bridgehead atoms. The quantitative estimate of drug-likeness (QED) is 0.425. The molecular weight excluding hydrogens is 433 g/mol. The van der Waals surface area contributed by atoms with E-state index in [4.69, 9.17) is 4.98 Å². The molecule has 1 aliphatic carbocycles. The maximum atomic E-state index is 13.4. The Kier molecular flexibility index (Phi) is 5.88. The molecule has 2 aromatic heterocycles. The highest BCUT2D eigenvalue weighted by molar-refractivity contribution is 7.19. The second kappa shape index (κ2) is 8.81. The SMILES string of the molecule is FC(F)(F)c1cccc(-c2nc(N3CCCCC3)sc2-c2ncncc2C2CCCC2)c1. The Labute approximate surface area is 189 Å². The van der Waals surface area contributed by atoms with Gasteiger partial charge in [0, 0.05) is 30.4 Å². The van der Waals surface area contributed by atoms with E-state index in [-0.39, 0.29) is 0 Å². The van der Waals surface area contributed by atoms with Crippen LogP contribution in [0.15, 0.2) is 36.8 Å². The average molecular weight is 459 g/mol. The average Bonchev–Trinajstić information content (AvgIpc) is 3.50. The number of aromatic nitrogens is 3. The molecule has 3 heterocycles. The number of hydrogen-bond acceptors (Lipinski definition) is 5. The van der Waals surface area contributed by atoms with Gasteiger partial charge in [0.15, 0.2) is 5.13 Å². The van der Waals surface area contributed by atoms with Crippen molar-refractivity contribution in [3.63, 3.8) is 0 Å². The van der Waals surface area contributed by atoms with Gasteiger partial charge >= 0.3 is 6.18 Å². The molecule has 0 radical (unpaired) electrons. The summed E-state index contributed by atoms with van der Waals surface area (Å²) >= 11 is 1.54. The Balaban J connectivity index is 1.65. The highest BCUT2D eigenvalue weighted by atomic mass is 32.1. The molecule has 0 atom stereocenters. The molecule has 0 spiro atoms. The summed E-state index contributed by atoms with van der Waals surface area (Å²) in [5, 5.41) is 0.864. The van der Waals surface area contributed by atoms with Crippen molar-refractivity contribution < 1.29 is 13.2 Å². The topological polar surface area (TPSA) is 41.9 Å². The minimum atomic E-state index is -4.40. The maximum Gasteiger partial charge on any atom is 0.416 e. The molecule has 1 saturated heterocycles. The molecule has 1 saturated carbocycles. The first-order valence-corrected chi connectivity index (χ1v) is 12.1. The molecule has 8 heteroatoms. The maximum absolute atomic E-state index is 13.4. The Morgan fingerprint density at radius 1 is 0.969 bits per heavy atom. The fourth-order valence-electron chi connectivity index (χ4n) is 4.79. The third kappa shape index (κ3) is 4.25. The summed E-state index contributed by atoms with van der Waals surface area (Å²) in [6, 6.07) is 5.48. The number of nitrogens with zero attached hydrogens (tertiary/aromatic N) is 4. The monoisotopic (exact) mass is 458 g/mol. The fourth-order valence-corrected chi connectivity index (χ4v) is 5.95. The van der Waals surface area contributed by atoms with E-state index in [1.165, 1.54) is 37.7 Å². The summed E-state index contributed by atoms with van der Waals surface area (Å²) in [7, 11) is 0. The van der Waals surface area contributed by atoms with E-state index >= 15 is 0 Å². The lowest BCUT2D eigenvalue weighted by molar-refractivity contribution is -0.137. The van der Waals surface area contributed by atoms with E-state index in [0.717, 1.165) is 66.1 Å². The molecule has 5 rings (SSSR count). The first-order chi connectivity index (χ1) is 15.5. The second-order valence-electron chi connectivity index (χ2n) is 8.61. The zero-order valence-electron chi connectivity index (χ0n) is 17.7. The smallest absolute Gasteiger partial charge is 0.348 e. The number of rotatable bonds is 4. The first kappa shape index (κ1) is 21.4. The van der Waals surface area contributed by atoms with Crippen molar-refractivity contribution >= 4 is 16.5 Å². The molecule has 32 heavy (non-hydrogen) atoms. The van der Waals surface area contributed by atoms with Crippen molar-refractivity contribution in [1.29, 1.82) is 0 Å². The normalized spacial score (nSPS) is 17.8. The van der Waals surface area contributed by atoms with Crippen LogP contribution >= 0.6 is 11.3 Å². The largest absolute Gasteiger partial charge is 0.416 e. The van der Waals surface area contributed by atoms with Crippen molar-refractivity contribution in [1.82, 2.24) is 15.0 Å². The van der Waals surface area contributed by atoms with Gasteiger partial charge in [0.2, 0.25) is 0 Å². The predicted octanol–water partition coefficient (Wildman–Crippen LogP) is 6.93. The number of anilines is 1. The van der Waals surface area contributed by atoms with Gasteiger partial charge in [-0.15, -0.1) is 0 Å². The molecule has 1 aliphatic heterocycles. The Bertz CT molecular complexity index is 1080. The van der Waals surface area contributed by atoms with Gasteiger partial charge in [0.05, 0.1) is 21.8 Å². The van der Waals surface area contributed by atoms with Gasteiger partial charge < -0.3 is 4.90 Å². The van der Waals surface area contributed by atoms with Crippen LogP contribution < -0.4 is 4.90 Å². The van der Waals surface area contributed by atoms with Gasteiger partial charge in [-0.2, -0.15) is 13.2 Å². The van der Waals surface area contributed by atoms with Crippen LogP contribution in [0, 0.1) is 0 Å². The molecule has 4 nitrogen and oxygen atoms in total. The zero-order valence-corrected chi connectivity index (χ0v) is 18.6. The van der Waals surface area contributed by atoms with Crippen LogP contribution in [0.4, 0.5) is 18.3 Å². The summed E-state index contributed by atoms with van der Waals surface area (Å²) in [5.74, 6) is 0.390. The number of hydrogen-bond donors (Lipinski definition) is 0. The number of benzene rings is 1. The lowest BCUT2D eigenvalue weighted by Crippen LogP contribution is -2.29. The molecule has 2 aliphatic rings. The van der Waals surface area contributed by atoms with Gasteiger partial charge in [0.25, 0.3) is 0 Å². The Morgan fingerprint density at radius 3 is 2.50 bits per heavy atom. The highest BCUT2D eigenvalue weighted by Gasteiger charge is 2.32. The fraction of sp³-hybridized carbons (Fsp3) is 0.458. The van der Waals surface area contributed by atoms with E-state index in [9.17, 15) is 13.2 Å². The molecule has 168 valence electrons. The molecule has 2 fully saturated rings. The number of alkyl halides is 3.